The third kappa shape index (κ3) is 4.95. The van der Waals surface area contributed by atoms with Crippen molar-refractivity contribution in [1.82, 2.24) is 24.9 Å². The molecular formula is C21H23N5O4S2. The van der Waals surface area contributed by atoms with Gasteiger partial charge in [0, 0.05) is 25.8 Å². The van der Waals surface area contributed by atoms with Gasteiger partial charge in [-0.15, -0.1) is 21.5 Å². The summed E-state index contributed by atoms with van der Waals surface area (Å²) >= 11 is 3.08. The molecule has 168 valence electrons. The Morgan fingerprint density at radius 2 is 1.97 bits per heavy atom. The highest BCUT2D eigenvalue weighted by molar-refractivity contribution is 7.98. The fourth-order valence-electron chi connectivity index (χ4n) is 3.09. The number of benzene rings is 1. The third-order valence-corrected chi connectivity index (χ3v) is 6.44. The fraction of sp³-hybridized carbons (Fsp3) is 0.333. The molecule has 0 unspecified atom stereocenters. The van der Waals surface area contributed by atoms with Crippen LogP contribution in [0.15, 0.2) is 45.4 Å². The smallest absolute Gasteiger partial charge is 0.268 e. The van der Waals surface area contributed by atoms with Crippen molar-refractivity contribution in [3.63, 3.8) is 0 Å². The van der Waals surface area contributed by atoms with Crippen molar-refractivity contribution in [1.29, 1.82) is 0 Å². The van der Waals surface area contributed by atoms with Crippen molar-refractivity contribution >= 4 is 23.1 Å². The molecular weight excluding hydrogens is 450 g/mol. The number of thiophene rings is 1. The van der Waals surface area contributed by atoms with Gasteiger partial charge in [-0.25, -0.2) is 0 Å². The zero-order chi connectivity index (χ0) is 22.3. The van der Waals surface area contributed by atoms with E-state index in [-0.39, 0.29) is 0 Å². The van der Waals surface area contributed by atoms with Gasteiger partial charge >= 0.3 is 0 Å². The minimum absolute atomic E-state index is 0.517. The van der Waals surface area contributed by atoms with E-state index < -0.39 is 0 Å². The van der Waals surface area contributed by atoms with Crippen LogP contribution >= 0.6 is 23.1 Å². The summed E-state index contributed by atoms with van der Waals surface area (Å²) in [5.74, 6) is 3.70. The van der Waals surface area contributed by atoms with Gasteiger partial charge in [0.25, 0.3) is 5.89 Å². The lowest BCUT2D eigenvalue weighted by molar-refractivity contribution is 0.189. The van der Waals surface area contributed by atoms with E-state index in [1.54, 1.807) is 32.7 Å². The van der Waals surface area contributed by atoms with Gasteiger partial charge in [-0.1, -0.05) is 23.0 Å². The minimum atomic E-state index is 0.517. The van der Waals surface area contributed by atoms with Crippen LogP contribution in [0.4, 0.5) is 0 Å². The largest absolute Gasteiger partial charge is 0.493 e. The highest BCUT2D eigenvalue weighted by atomic mass is 32.2. The second-order valence-electron chi connectivity index (χ2n) is 6.66. The van der Waals surface area contributed by atoms with Crippen molar-refractivity contribution in [3.05, 3.63) is 41.5 Å². The number of hydrogen-bond acceptors (Lipinski definition) is 10. The molecule has 0 spiro atoms. The van der Waals surface area contributed by atoms with Crippen LogP contribution in [-0.2, 0) is 17.0 Å². The van der Waals surface area contributed by atoms with E-state index >= 15 is 0 Å². The third-order valence-electron chi connectivity index (χ3n) is 4.62. The lowest BCUT2D eigenvalue weighted by Gasteiger charge is -2.12. The summed E-state index contributed by atoms with van der Waals surface area (Å²) < 4.78 is 23.5. The van der Waals surface area contributed by atoms with Crippen molar-refractivity contribution in [2.75, 3.05) is 27.9 Å². The predicted octanol–water partition coefficient (Wildman–Crippen LogP) is 4.40. The number of aromatic nitrogens is 5. The molecule has 9 nitrogen and oxygen atoms in total. The number of thioether (sulfide) groups is 1. The standard InChI is InChI=1S/C21H23N5O4S2/c1-27-10-5-9-26-19(14-7-8-15(28-2)16(12-14)29-3)23-24-21(26)32-13-18-22-20(30-25-18)17-6-4-11-31-17/h4,6-8,11-12H,5,9-10,13H2,1-3H3. The summed E-state index contributed by atoms with van der Waals surface area (Å²) in [5, 5.41) is 15.7. The summed E-state index contributed by atoms with van der Waals surface area (Å²) in [4.78, 5) is 5.43. The van der Waals surface area contributed by atoms with Gasteiger partial charge in [-0.05, 0) is 36.1 Å². The minimum Gasteiger partial charge on any atom is -0.493 e. The Morgan fingerprint density at radius 3 is 2.72 bits per heavy atom. The van der Waals surface area contributed by atoms with Crippen LogP contribution < -0.4 is 9.47 Å². The highest BCUT2D eigenvalue weighted by Gasteiger charge is 2.18. The molecule has 3 aromatic heterocycles. The predicted molar refractivity (Wildman–Crippen MR) is 122 cm³/mol. The highest BCUT2D eigenvalue weighted by Crippen LogP contribution is 2.33. The molecule has 0 aliphatic rings. The van der Waals surface area contributed by atoms with Crippen LogP contribution in [0.25, 0.3) is 22.2 Å². The summed E-state index contributed by atoms with van der Waals surface area (Å²) in [7, 11) is 4.92. The maximum atomic E-state index is 5.45. The van der Waals surface area contributed by atoms with Crippen molar-refractivity contribution in [2.24, 2.45) is 0 Å². The van der Waals surface area contributed by atoms with E-state index in [0.717, 1.165) is 27.8 Å². The maximum absolute atomic E-state index is 5.45. The topological polar surface area (TPSA) is 97.3 Å². The lowest BCUT2D eigenvalue weighted by atomic mass is 10.2. The van der Waals surface area contributed by atoms with Gasteiger partial charge in [0.05, 0.1) is 24.8 Å². The molecule has 4 rings (SSSR count). The molecule has 0 bridgehead atoms. The summed E-state index contributed by atoms with van der Waals surface area (Å²) in [6.07, 6.45) is 0.827. The summed E-state index contributed by atoms with van der Waals surface area (Å²) in [6, 6.07) is 9.62. The molecule has 0 radical (unpaired) electrons. The summed E-state index contributed by atoms with van der Waals surface area (Å²) in [6.45, 7) is 1.35. The first-order valence-electron chi connectivity index (χ1n) is 9.87. The van der Waals surface area contributed by atoms with Gasteiger partial charge in [-0.3, -0.25) is 0 Å². The molecule has 3 heterocycles. The van der Waals surface area contributed by atoms with Crippen LogP contribution in [0, 0.1) is 0 Å². The Bertz CT molecular complexity index is 1140. The second-order valence-corrected chi connectivity index (χ2v) is 8.55. The van der Waals surface area contributed by atoms with Crippen LogP contribution in [0.3, 0.4) is 0 Å². The number of nitrogens with zero attached hydrogens (tertiary/aromatic N) is 5. The van der Waals surface area contributed by atoms with E-state index in [1.165, 1.54) is 11.8 Å². The van der Waals surface area contributed by atoms with Crippen LogP contribution in [0.5, 0.6) is 11.5 Å². The normalized spacial score (nSPS) is 11.1. The average Bonchev–Trinajstić information content (AvgIpc) is 3.58. The van der Waals surface area contributed by atoms with Gasteiger partial charge in [0.2, 0.25) is 0 Å². The molecule has 11 heteroatoms. The first kappa shape index (κ1) is 22.3. The number of ether oxygens (including phenoxy) is 3. The zero-order valence-corrected chi connectivity index (χ0v) is 19.6. The lowest BCUT2D eigenvalue weighted by Crippen LogP contribution is -2.05. The van der Waals surface area contributed by atoms with Gasteiger partial charge in [-0.2, -0.15) is 4.98 Å². The molecule has 0 saturated heterocycles. The molecule has 0 aliphatic carbocycles. The van der Waals surface area contributed by atoms with Gasteiger partial charge in [0.15, 0.2) is 28.3 Å². The fourth-order valence-corrected chi connectivity index (χ4v) is 4.55. The molecule has 0 amide bonds. The molecule has 0 N–H and O–H groups in total. The molecule has 0 aliphatic heterocycles. The number of methoxy groups -OCH3 is 3. The van der Waals surface area contributed by atoms with Crippen molar-refractivity contribution in [2.45, 2.75) is 23.9 Å². The van der Waals surface area contributed by atoms with E-state index in [1.807, 2.05) is 35.7 Å². The SMILES string of the molecule is COCCCn1c(SCc2noc(-c3cccs3)n2)nnc1-c1ccc(OC)c(OC)c1. The Balaban J connectivity index is 1.56. The van der Waals surface area contributed by atoms with E-state index in [0.29, 0.717) is 42.1 Å². The van der Waals surface area contributed by atoms with E-state index in [2.05, 4.69) is 24.9 Å². The molecule has 0 saturated carbocycles. The Kier molecular flexibility index (Phi) is 7.40. The van der Waals surface area contributed by atoms with Crippen molar-refractivity contribution in [3.8, 4) is 33.7 Å². The molecule has 4 aromatic rings. The monoisotopic (exact) mass is 473 g/mol. The van der Waals surface area contributed by atoms with Crippen LogP contribution in [0.2, 0.25) is 0 Å². The molecule has 1 aromatic carbocycles. The van der Waals surface area contributed by atoms with Crippen molar-refractivity contribution < 1.29 is 18.7 Å². The Hall–Kier alpha value is -2.89. The van der Waals surface area contributed by atoms with Crippen LogP contribution in [0.1, 0.15) is 12.2 Å². The van der Waals surface area contributed by atoms with E-state index in [9.17, 15) is 0 Å². The first-order chi connectivity index (χ1) is 15.7. The van der Waals surface area contributed by atoms with Gasteiger partial charge < -0.3 is 23.3 Å². The molecule has 0 atom stereocenters. The average molecular weight is 474 g/mol. The number of hydrogen-bond donors (Lipinski definition) is 0. The Labute approximate surface area is 193 Å². The molecule has 32 heavy (non-hydrogen) atoms. The maximum Gasteiger partial charge on any atom is 0.268 e. The first-order valence-corrected chi connectivity index (χ1v) is 11.7. The zero-order valence-electron chi connectivity index (χ0n) is 18.0. The van der Waals surface area contributed by atoms with Crippen LogP contribution in [-0.4, -0.2) is 52.8 Å². The second kappa shape index (κ2) is 10.6. The Morgan fingerprint density at radius 1 is 1.09 bits per heavy atom. The number of rotatable bonds is 11. The quantitative estimate of drug-likeness (QED) is 0.232. The molecule has 0 fully saturated rings. The van der Waals surface area contributed by atoms with E-state index in [4.69, 9.17) is 18.7 Å². The van der Waals surface area contributed by atoms with Gasteiger partial charge in [0.1, 0.15) is 0 Å². The summed E-state index contributed by atoms with van der Waals surface area (Å²) in [5.41, 5.74) is 0.888.